The fraction of sp³-hybridized carbons (Fsp3) is 0.462. The lowest BCUT2D eigenvalue weighted by Gasteiger charge is -2.12. The summed E-state index contributed by atoms with van der Waals surface area (Å²) in [6.45, 7) is 4.27. The van der Waals surface area contributed by atoms with Crippen LogP contribution >= 0.6 is 0 Å². The Labute approximate surface area is 114 Å². The van der Waals surface area contributed by atoms with E-state index in [0.717, 1.165) is 0 Å². The van der Waals surface area contributed by atoms with Crippen molar-refractivity contribution in [3.8, 4) is 0 Å². The molecule has 1 aromatic carbocycles. The van der Waals surface area contributed by atoms with E-state index in [1.54, 1.807) is 24.3 Å². The summed E-state index contributed by atoms with van der Waals surface area (Å²) in [6.07, 6.45) is 0.562. The van der Waals surface area contributed by atoms with E-state index >= 15 is 0 Å². The summed E-state index contributed by atoms with van der Waals surface area (Å²) in [5, 5.41) is 5.52. The Kier molecular flexibility index (Phi) is 5.82. The van der Waals surface area contributed by atoms with Crippen molar-refractivity contribution in [2.45, 2.75) is 25.2 Å². The van der Waals surface area contributed by atoms with Crippen molar-refractivity contribution in [2.24, 2.45) is 0 Å². The second-order valence-corrected chi connectivity index (χ2v) is 6.20. The second-order valence-electron chi connectivity index (χ2n) is 4.12. The lowest BCUT2D eigenvalue weighted by molar-refractivity contribution is -0.119. The maximum absolute atomic E-state index is 12.1. The molecule has 1 rings (SSSR count). The molecule has 0 radical (unpaired) electrons. The van der Waals surface area contributed by atoms with Crippen LogP contribution in [0.2, 0.25) is 0 Å². The quantitative estimate of drug-likeness (QED) is 0.794. The lowest BCUT2D eigenvalue weighted by Crippen LogP contribution is -2.29. The Bertz CT molecular complexity index is 526. The minimum atomic E-state index is -3.30. The Morgan fingerprint density at radius 1 is 1.21 bits per heavy atom. The van der Waals surface area contributed by atoms with Gasteiger partial charge in [-0.15, -0.1) is 0 Å². The van der Waals surface area contributed by atoms with Gasteiger partial charge in [0.05, 0.1) is 22.9 Å². The van der Waals surface area contributed by atoms with E-state index in [1.165, 1.54) is 0 Å². The summed E-state index contributed by atoms with van der Waals surface area (Å²) < 4.78 is 24.2. The van der Waals surface area contributed by atoms with Gasteiger partial charge in [0.25, 0.3) is 0 Å². The number of carbonyl (C=O) groups is 1. The van der Waals surface area contributed by atoms with Gasteiger partial charge in [-0.3, -0.25) is 4.79 Å². The molecular formula is C13H20N2O3S. The first kappa shape index (κ1) is 15.5. The zero-order valence-corrected chi connectivity index (χ0v) is 12.1. The number of sulfone groups is 1. The molecule has 0 fully saturated rings. The third kappa shape index (κ3) is 4.55. The van der Waals surface area contributed by atoms with Crippen LogP contribution in [0.15, 0.2) is 29.2 Å². The van der Waals surface area contributed by atoms with Crippen LogP contribution in [0.4, 0.5) is 5.69 Å². The van der Waals surface area contributed by atoms with Gasteiger partial charge in [0.1, 0.15) is 0 Å². The van der Waals surface area contributed by atoms with Crippen molar-refractivity contribution >= 4 is 21.4 Å². The molecule has 0 aliphatic rings. The van der Waals surface area contributed by atoms with E-state index in [-0.39, 0.29) is 23.1 Å². The van der Waals surface area contributed by atoms with Crippen LogP contribution in [0.5, 0.6) is 0 Å². The Morgan fingerprint density at radius 2 is 1.89 bits per heavy atom. The number of amides is 1. The van der Waals surface area contributed by atoms with Crippen molar-refractivity contribution in [1.82, 2.24) is 5.32 Å². The average Bonchev–Trinajstić information content (AvgIpc) is 2.37. The van der Waals surface area contributed by atoms with Crippen molar-refractivity contribution < 1.29 is 13.2 Å². The van der Waals surface area contributed by atoms with Crippen molar-refractivity contribution in [3.63, 3.8) is 0 Å². The van der Waals surface area contributed by atoms with Gasteiger partial charge in [0.15, 0.2) is 9.84 Å². The molecule has 0 unspecified atom stereocenters. The largest absolute Gasteiger partial charge is 0.375 e. The molecular weight excluding hydrogens is 264 g/mol. The molecule has 19 heavy (non-hydrogen) atoms. The fourth-order valence-electron chi connectivity index (χ4n) is 1.70. The maximum Gasteiger partial charge on any atom is 0.239 e. The van der Waals surface area contributed by atoms with E-state index < -0.39 is 9.84 Å². The summed E-state index contributed by atoms with van der Waals surface area (Å²) in [6, 6.07) is 6.65. The average molecular weight is 284 g/mol. The third-order valence-corrected chi connectivity index (χ3v) is 4.48. The lowest BCUT2D eigenvalue weighted by atomic mass is 10.3. The smallest absolute Gasteiger partial charge is 0.239 e. The van der Waals surface area contributed by atoms with Crippen LogP contribution in [0.3, 0.4) is 0 Å². The Balaban J connectivity index is 2.88. The standard InChI is InChI=1S/C13H20N2O3S/c1-3-9-19(17,18)12-8-6-5-7-11(12)15-10-13(16)14-4-2/h5-8,15H,3-4,9-10H2,1-2H3,(H,14,16). The van der Waals surface area contributed by atoms with Crippen LogP contribution in [-0.2, 0) is 14.6 Å². The van der Waals surface area contributed by atoms with Gasteiger partial charge in [-0.2, -0.15) is 0 Å². The van der Waals surface area contributed by atoms with E-state index in [9.17, 15) is 13.2 Å². The number of likely N-dealkylation sites (N-methyl/N-ethyl adjacent to an activating group) is 1. The van der Waals surface area contributed by atoms with Crippen LogP contribution in [-0.4, -0.2) is 33.2 Å². The first-order chi connectivity index (χ1) is 9.01. The highest BCUT2D eigenvalue weighted by atomic mass is 32.2. The number of anilines is 1. The van der Waals surface area contributed by atoms with Gasteiger partial charge in [-0.05, 0) is 25.5 Å². The molecule has 5 nitrogen and oxygen atoms in total. The van der Waals surface area contributed by atoms with E-state index in [2.05, 4.69) is 10.6 Å². The molecule has 1 aromatic rings. The normalized spacial score (nSPS) is 11.1. The summed E-state index contributed by atoms with van der Waals surface area (Å²) in [4.78, 5) is 11.6. The van der Waals surface area contributed by atoms with Gasteiger partial charge < -0.3 is 10.6 Å². The molecule has 0 spiro atoms. The van der Waals surface area contributed by atoms with Crippen LogP contribution in [0.1, 0.15) is 20.3 Å². The monoisotopic (exact) mass is 284 g/mol. The highest BCUT2D eigenvalue weighted by Crippen LogP contribution is 2.22. The first-order valence-corrected chi connectivity index (χ1v) is 7.98. The number of hydrogen-bond donors (Lipinski definition) is 2. The minimum absolute atomic E-state index is 0.0620. The van der Waals surface area contributed by atoms with Gasteiger partial charge in [0, 0.05) is 6.54 Å². The highest BCUT2D eigenvalue weighted by molar-refractivity contribution is 7.91. The van der Waals surface area contributed by atoms with E-state index in [0.29, 0.717) is 18.7 Å². The zero-order valence-electron chi connectivity index (χ0n) is 11.3. The topological polar surface area (TPSA) is 75.3 Å². The summed E-state index contributed by atoms with van der Waals surface area (Å²) in [5.74, 6) is -0.0578. The predicted molar refractivity (Wildman–Crippen MR) is 76.0 cm³/mol. The summed E-state index contributed by atoms with van der Waals surface area (Å²) in [5.41, 5.74) is 0.474. The molecule has 106 valence electrons. The number of nitrogens with one attached hydrogen (secondary N) is 2. The number of carbonyl (C=O) groups excluding carboxylic acids is 1. The third-order valence-electron chi connectivity index (χ3n) is 2.51. The predicted octanol–water partition coefficient (Wildman–Crippen LogP) is 1.42. The fourth-order valence-corrected chi connectivity index (χ4v) is 3.22. The molecule has 0 saturated heterocycles. The number of hydrogen-bond acceptors (Lipinski definition) is 4. The van der Waals surface area contributed by atoms with Crippen molar-refractivity contribution in [3.05, 3.63) is 24.3 Å². The summed E-state index contributed by atoms with van der Waals surface area (Å²) in [7, 11) is -3.30. The van der Waals surface area contributed by atoms with E-state index in [1.807, 2.05) is 13.8 Å². The molecule has 0 aromatic heterocycles. The molecule has 0 bridgehead atoms. The minimum Gasteiger partial charge on any atom is -0.375 e. The molecule has 1 amide bonds. The molecule has 0 heterocycles. The van der Waals surface area contributed by atoms with Gasteiger partial charge >= 0.3 is 0 Å². The first-order valence-electron chi connectivity index (χ1n) is 6.33. The van der Waals surface area contributed by atoms with Crippen LogP contribution in [0, 0.1) is 0 Å². The molecule has 2 N–H and O–H groups in total. The number of para-hydroxylation sites is 1. The molecule has 6 heteroatoms. The Morgan fingerprint density at radius 3 is 2.53 bits per heavy atom. The number of benzene rings is 1. The molecule has 0 aliphatic carbocycles. The van der Waals surface area contributed by atoms with Crippen molar-refractivity contribution in [1.29, 1.82) is 0 Å². The molecule has 0 aliphatic heterocycles. The molecule has 0 atom stereocenters. The van der Waals surface area contributed by atoms with Gasteiger partial charge in [0.2, 0.25) is 5.91 Å². The molecule has 0 saturated carbocycles. The summed E-state index contributed by atoms with van der Waals surface area (Å²) >= 11 is 0. The highest BCUT2D eigenvalue weighted by Gasteiger charge is 2.17. The van der Waals surface area contributed by atoms with Crippen molar-refractivity contribution in [2.75, 3.05) is 24.2 Å². The maximum atomic E-state index is 12.1. The van der Waals surface area contributed by atoms with Crippen LogP contribution < -0.4 is 10.6 Å². The number of rotatable bonds is 7. The second kappa shape index (κ2) is 7.13. The van der Waals surface area contributed by atoms with Gasteiger partial charge in [-0.1, -0.05) is 19.1 Å². The van der Waals surface area contributed by atoms with E-state index in [4.69, 9.17) is 0 Å². The Hall–Kier alpha value is -1.56. The van der Waals surface area contributed by atoms with Gasteiger partial charge in [-0.25, -0.2) is 8.42 Å². The van der Waals surface area contributed by atoms with Crippen LogP contribution in [0.25, 0.3) is 0 Å². The zero-order chi connectivity index (χ0) is 14.3. The SMILES string of the molecule is CCCS(=O)(=O)c1ccccc1NCC(=O)NCC.